The van der Waals surface area contributed by atoms with Gasteiger partial charge in [-0.25, -0.2) is 9.37 Å². The van der Waals surface area contributed by atoms with Gasteiger partial charge in [0.1, 0.15) is 17.6 Å². The molecule has 2 heterocycles. The van der Waals surface area contributed by atoms with Crippen LogP contribution in [0.5, 0.6) is 0 Å². The largest absolute Gasteiger partial charge is 0.368 e. The number of benzene rings is 1. The molecule has 1 aromatic heterocycles. The molecule has 1 aliphatic carbocycles. The highest BCUT2D eigenvalue weighted by Gasteiger charge is 2.56. The number of nitrogens with two attached hydrogens (primary N) is 1. The Balaban J connectivity index is 1.78. The normalized spacial score (nSPS) is 24.3. The molecule has 2 fully saturated rings. The maximum absolute atomic E-state index is 14.0. The minimum Gasteiger partial charge on any atom is -0.368 e. The zero-order valence-corrected chi connectivity index (χ0v) is 14.8. The predicted octanol–water partition coefficient (Wildman–Crippen LogP) is 2.65. The highest BCUT2D eigenvalue weighted by atomic mass is 32.1. The predicted molar refractivity (Wildman–Crippen MR) is 92.6 cm³/mol. The summed E-state index contributed by atoms with van der Waals surface area (Å²) in [6, 6.07) is 4.32. The molecule has 2 N–H and O–H groups in total. The van der Waals surface area contributed by atoms with Gasteiger partial charge in [-0.3, -0.25) is 9.59 Å². The first-order valence-corrected chi connectivity index (χ1v) is 9.05. The van der Waals surface area contributed by atoms with Crippen LogP contribution in [-0.4, -0.2) is 33.8 Å². The quantitative estimate of drug-likeness (QED) is 0.915. The van der Waals surface area contributed by atoms with Gasteiger partial charge in [0.05, 0.1) is 9.88 Å². The van der Waals surface area contributed by atoms with Crippen LogP contribution < -0.4 is 5.73 Å². The molecule has 1 saturated heterocycles. The minimum absolute atomic E-state index is 0.0773. The highest BCUT2D eigenvalue weighted by molar-refractivity contribution is 7.15. The van der Waals surface area contributed by atoms with Gasteiger partial charge in [-0.1, -0.05) is 12.1 Å². The number of aromatic nitrogens is 1. The maximum Gasteiger partial charge on any atom is 0.274 e. The Morgan fingerprint density at radius 3 is 2.80 bits per heavy atom. The number of hydrogen-bond donors (Lipinski definition) is 1. The number of primary amides is 1. The number of carbonyl (C=O) groups excluding carboxylic acids is 2. The van der Waals surface area contributed by atoms with Crippen molar-refractivity contribution < 1.29 is 14.0 Å². The van der Waals surface area contributed by atoms with E-state index >= 15 is 0 Å². The molecule has 4 rings (SSSR count). The van der Waals surface area contributed by atoms with E-state index in [-0.39, 0.29) is 23.5 Å². The number of piperidine rings is 1. The fraction of sp³-hybridized carbons (Fsp3) is 0.389. The van der Waals surface area contributed by atoms with Gasteiger partial charge in [-0.2, -0.15) is 0 Å². The van der Waals surface area contributed by atoms with E-state index in [1.165, 1.54) is 17.4 Å². The van der Waals surface area contributed by atoms with Crippen molar-refractivity contribution in [3.8, 4) is 10.4 Å². The Morgan fingerprint density at radius 2 is 2.08 bits per heavy atom. The van der Waals surface area contributed by atoms with Crippen LogP contribution in [0.15, 0.2) is 18.2 Å². The Labute approximate surface area is 148 Å². The number of thiazole rings is 1. The number of likely N-dealkylation sites (tertiary alicyclic amines) is 1. The molecule has 1 aliphatic heterocycles. The summed E-state index contributed by atoms with van der Waals surface area (Å²) in [7, 11) is 0. The van der Waals surface area contributed by atoms with Crippen LogP contribution in [0.3, 0.4) is 0 Å². The van der Waals surface area contributed by atoms with Crippen molar-refractivity contribution in [3.63, 3.8) is 0 Å². The third kappa shape index (κ3) is 2.54. The topological polar surface area (TPSA) is 76.3 Å². The lowest BCUT2D eigenvalue weighted by atomic mass is 10.0. The number of rotatable bonds is 3. The standard InChI is InChI=1S/C18H18FN3O2S/c1-8-11(4-3-5-12(8)19)16-15(21-9(2)25-16)18(24)22-13-6-10(13)7-14(22)17(20)23/h3-5,10,13-14H,6-7H2,1-2H3,(H2,20,23)/t10-,13-,14-/m0/s1. The number of nitrogens with zero attached hydrogens (tertiary/aromatic N) is 2. The fourth-order valence-electron chi connectivity index (χ4n) is 3.73. The highest BCUT2D eigenvalue weighted by Crippen LogP contribution is 2.49. The van der Waals surface area contributed by atoms with E-state index in [0.29, 0.717) is 28.3 Å². The van der Waals surface area contributed by atoms with Gasteiger partial charge in [0.15, 0.2) is 0 Å². The summed E-state index contributed by atoms with van der Waals surface area (Å²) in [4.78, 5) is 31.5. The molecule has 25 heavy (non-hydrogen) atoms. The van der Waals surface area contributed by atoms with Crippen LogP contribution in [-0.2, 0) is 4.79 Å². The van der Waals surface area contributed by atoms with Gasteiger partial charge in [-0.05, 0) is 49.8 Å². The molecule has 2 aromatic rings. The second-order valence-electron chi connectivity index (χ2n) is 6.75. The van der Waals surface area contributed by atoms with Crippen LogP contribution in [0.4, 0.5) is 4.39 Å². The van der Waals surface area contributed by atoms with Gasteiger partial charge >= 0.3 is 0 Å². The number of carbonyl (C=O) groups is 2. The van der Waals surface area contributed by atoms with Crippen molar-refractivity contribution in [2.45, 2.75) is 38.8 Å². The van der Waals surface area contributed by atoms with Crippen molar-refractivity contribution >= 4 is 23.2 Å². The van der Waals surface area contributed by atoms with Crippen LogP contribution in [0.2, 0.25) is 0 Å². The van der Waals surface area contributed by atoms with Gasteiger partial charge < -0.3 is 10.6 Å². The van der Waals surface area contributed by atoms with Gasteiger partial charge in [0, 0.05) is 6.04 Å². The lowest BCUT2D eigenvalue weighted by Gasteiger charge is -2.25. The SMILES string of the molecule is Cc1nc(C(=O)N2[C@H](C(N)=O)C[C@@H]3C[C@@H]32)c(-c2cccc(F)c2C)s1. The van der Waals surface area contributed by atoms with Crippen LogP contribution in [0.25, 0.3) is 10.4 Å². The lowest BCUT2D eigenvalue weighted by molar-refractivity contribution is -0.122. The summed E-state index contributed by atoms with van der Waals surface area (Å²) in [5.74, 6) is -0.714. The van der Waals surface area contributed by atoms with Crippen LogP contribution in [0.1, 0.15) is 33.9 Å². The number of halogens is 1. The number of aryl methyl sites for hydroxylation is 1. The molecule has 0 unspecified atom stereocenters. The molecule has 0 radical (unpaired) electrons. The molecule has 3 atom stereocenters. The zero-order chi connectivity index (χ0) is 17.9. The number of hydrogen-bond acceptors (Lipinski definition) is 4. The molecule has 7 heteroatoms. The van der Waals surface area contributed by atoms with E-state index in [9.17, 15) is 14.0 Å². The average Bonchev–Trinajstić information content (AvgIpc) is 3.05. The second-order valence-corrected chi connectivity index (χ2v) is 7.96. The molecule has 0 bridgehead atoms. The summed E-state index contributed by atoms with van der Waals surface area (Å²) in [6.45, 7) is 3.50. The monoisotopic (exact) mass is 359 g/mol. The van der Waals surface area contributed by atoms with Crippen molar-refractivity contribution in [3.05, 3.63) is 40.3 Å². The van der Waals surface area contributed by atoms with Gasteiger partial charge in [-0.15, -0.1) is 11.3 Å². The van der Waals surface area contributed by atoms with E-state index in [1.807, 2.05) is 6.92 Å². The Hall–Kier alpha value is -2.28. The van der Waals surface area contributed by atoms with Crippen molar-refractivity contribution in [1.82, 2.24) is 9.88 Å². The fourth-order valence-corrected chi connectivity index (χ4v) is 4.73. The molecular formula is C18H18FN3O2S. The average molecular weight is 359 g/mol. The molecule has 2 amide bonds. The van der Waals surface area contributed by atoms with Crippen molar-refractivity contribution in [2.24, 2.45) is 11.7 Å². The summed E-state index contributed by atoms with van der Waals surface area (Å²) in [5, 5.41) is 0.726. The third-order valence-electron chi connectivity index (χ3n) is 5.12. The summed E-state index contributed by atoms with van der Waals surface area (Å²) < 4.78 is 14.0. The summed E-state index contributed by atoms with van der Waals surface area (Å²) in [6.07, 6.45) is 1.54. The van der Waals surface area contributed by atoms with E-state index in [2.05, 4.69) is 4.98 Å². The first-order chi connectivity index (χ1) is 11.9. The third-order valence-corrected chi connectivity index (χ3v) is 6.12. The smallest absolute Gasteiger partial charge is 0.274 e. The molecule has 1 aromatic carbocycles. The van der Waals surface area contributed by atoms with E-state index in [1.54, 1.807) is 24.0 Å². The maximum atomic E-state index is 14.0. The first kappa shape index (κ1) is 16.2. The van der Waals surface area contributed by atoms with Crippen molar-refractivity contribution in [2.75, 3.05) is 0 Å². The minimum atomic E-state index is -0.570. The summed E-state index contributed by atoms with van der Waals surface area (Å²) in [5.41, 5.74) is 6.92. The van der Waals surface area contributed by atoms with Crippen molar-refractivity contribution in [1.29, 1.82) is 0 Å². The first-order valence-electron chi connectivity index (χ1n) is 8.23. The van der Waals surface area contributed by atoms with Gasteiger partial charge in [0.2, 0.25) is 5.91 Å². The van der Waals surface area contributed by atoms with E-state index < -0.39 is 11.9 Å². The van der Waals surface area contributed by atoms with Gasteiger partial charge in [0.25, 0.3) is 5.91 Å². The molecule has 0 spiro atoms. The molecule has 1 saturated carbocycles. The zero-order valence-electron chi connectivity index (χ0n) is 14.0. The molecule has 130 valence electrons. The molecule has 5 nitrogen and oxygen atoms in total. The Kier molecular flexibility index (Phi) is 3.64. The Bertz CT molecular complexity index is 894. The van der Waals surface area contributed by atoms with Crippen LogP contribution in [0, 0.1) is 25.6 Å². The number of fused-ring (bicyclic) bond motifs is 1. The lowest BCUT2D eigenvalue weighted by Crippen LogP contribution is -2.46. The molecular weight excluding hydrogens is 341 g/mol. The number of amides is 2. The summed E-state index contributed by atoms with van der Waals surface area (Å²) >= 11 is 1.36. The molecule has 2 aliphatic rings. The van der Waals surface area contributed by atoms with E-state index in [0.717, 1.165) is 11.4 Å². The van der Waals surface area contributed by atoms with Crippen LogP contribution >= 0.6 is 11.3 Å². The Morgan fingerprint density at radius 1 is 1.32 bits per heavy atom. The second kappa shape index (κ2) is 5.62. The van der Waals surface area contributed by atoms with E-state index in [4.69, 9.17) is 5.73 Å².